The van der Waals surface area contributed by atoms with Gasteiger partial charge in [0.25, 0.3) is 0 Å². The first-order valence-corrected chi connectivity index (χ1v) is 11.5. The number of methoxy groups -OCH3 is 1. The molecule has 3 aromatic carbocycles. The molecule has 0 aliphatic heterocycles. The number of nitrogens with one attached hydrogen (secondary N) is 1. The molecule has 0 saturated heterocycles. The Morgan fingerprint density at radius 3 is 2.42 bits per heavy atom. The maximum absolute atomic E-state index is 9.75. The Balaban J connectivity index is 1.40. The van der Waals surface area contributed by atoms with Crippen LogP contribution in [0.15, 0.2) is 85.3 Å². The van der Waals surface area contributed by atoms with Crippen molar-refractivity contribution < 1.29 is 9.47 Å². The van der Waals surface area contributed by atoms with Gasteiger partial charge < -0.3 is 14.8 Å². The molecule has 1 N–H and O–H groups in total. The van der Waals surface area contributed by atoms with E-state index < -0.39 is 0 Å². The number of nitriles is 1. The van der Waals surface area contributed by atoms with Gasteiger partial charge >= 0.3 is 0 Å². The van der Waals surface area contributed by atoms with Gasteiger partial charge in [0.05, 0.1) is 37.3 Å². The second kappa shape index (κ2) is 10.6. The van der Waals surface area contributed by atoms with E-state index in [9.17, 15) is 5.26 Å². The fourth-order valence-corrected chi connectivity index (χ4v) is 4.03. The highest BCUT2D eigenvalue weighted by molar-refractivity contribution is 5.99. The van der Waals surface area contributed by atoms with E-state index in [1.165, 1.54) is 11.1 Å². The fourth-order valence-electron chi connectivity index (χ4n) is 4.03. The number of hydrogen-bond donors (Lipinski definition) is 1. The Hall–Kier alpha value is -4.90. The lowest BCUT2D eigenvalue weighted by Crippen LogP contribution is -2.11. The number of benzene rings is 3. The lowest BCUT2D eigenvalue weighted by molar-refractivity contribution is 0.268. The van der Waals surface area contributed by atoms with E-state index in [0.29, 0.717) is 41.4 Å². The summed E-state index contributed by atoms with van der Waals surface area (Å²) in [5, 5.41) is 22.1. The summed E-state index contributed by atoms with van der Waals surface area (Å²) in [6.45, 7) is 0.870. The Morgan fingerprint density at radius 1 is 0.944 bits per heavy atom. The van der Waals surface area contributed by atoms with Crippen LogP contribution < -0.4 is 14.8 Å². The normalized spacial score (nSPS) is 10.7. The molecule has 0 aliphatic rings. The average molecular weight is 477 g/mol. The fraction of sp³-hybridized carbons (Fsp3) is 0.143. The van der Waals surface area contributed by atoms with Gasteiger partial charge in [0.2, 0.25) is 0 Å². The molecule has 0 spiro atoms. The largest absolute Gasteiger partial charge is 0.491 e. The molecule has 8 heteroatoms. The molecule has 2 aromatic heterocycles. The third-order valence-corrected chi connectivity index (χ3v) is 5.77. The third-order valence-electron chi connectivity index (χ3n) is 5.77. The topological polar surface area (TPSA) is 97.9 Å². The smallest absolute Gasteiger partial charge is 0.187 e. The van der Waals surface area contributed by atoms with Gasteiger partial charge in [-0.05, 0) is 41.8 Å². The monoisotopic (exact) mass is 476 g/mol. The highest BCUT2D eigenvalue weighted by Crippen LogP contribution is 2.39. The van der Waals surface area contributed by atoms with E-state index in [-0.39, 0.29) is 0 Å². The van der Waals surface area contributed by atoms with Crippen LogP contribution in [0.1, 0.15) is 16.7 Å². The number of hydrogen-bond acceptors (Lipinski definition) is 7. The van der Waals surface area contributed by atoms with Gasteiger partial charge in [-0.25, -0.2) is 0 Å². The van der Waals surface area contributed by atoms with Gasteiger partial charge in [-0.2, -0.15) is 20.3 Å². The van der Waals surface area contributed by atoms with Crippen molar-refractivity contribution in [1.29, 1.82) is 5.26 Å². The zero-order chi connectivity index (χ0) is 24.7. The van der Waals surface area contributed by atoms with Crippen LogP contribution in [0.5, 0.6) is 11.5 Å². The van der Waals surface area contributed by atoms with E-state index >= 15 is 0 Å². The zero-order valence-corrected chi connectivity index (χ0v) is 19.8. The summed E-state index contributed by atoms with van der Waals surface area (Å²) in [5.74, 6) is 1.07. The van der Waals surface area contributed by atoms with Crippen molar-refractivity contribution in [3.63, 3.8) is 0 Å². The Labute approximate surface area is 208 Å². The summed E-state index contributed by atoms with van der Waals surface area (Å²) < 4.78 is 11.6. The molecular formula is C28H24N6O2. The van der Waals surface area contributed by atoms with Gasteiger partial charge in [-0.15, -0.1) is 0 Å². The van der Waals surface area contributed by atoms with E-state index in [1.807, 2.05) is 42.5 Å². The molecule has 0 saturated carbocycles. The highest BCUT2D eigenvalue weighted by atomic mass is 16.5. The first kappa shape index (κ1) is 22.9. The van der Waals surface area contributed by atoms with Crippen molar-refractivity contribution in [2.45, 2.75) is 13.0 Å². The van der Waals surface area contributed by atoms with Crippen LogP contribution in [0.3, 0.4) is 0 Å². The average Bonchev–Trinajstić information content (AvgIpc) is 3.44. The van der Waals surface area contributed by atoms with E-state index in [2.05, 4.69) is 50.8 Å². The van der Waals surface area contributed by atoms with Crippen LogP contribution in [0.4, 0.5) is 11.4 Å². The number of rotatable bonds is 9. The number of aromatic nitrogens is 4. The van der Waals surface area contributed by atoms with E-state index in [0.717, 1.165) is 17.5 Å². The lowest BCUT2D eigenvalue weighted by atomic mass is 10.0. The van der Waals surface area contributed by atoms with E-state index in [4.69, 9.17) is 9.47 Å². The second-order valence-electron chi connectivity index (χ2n) is 8.11. The minimum atomic E-state index is 0.368. The first-order chi connectivity index (χ1) is 17.7. The number of pyridine rings is 1. The summed E-state index contributed by atoms with van der Waals surface area (Å²) in [4.78, 5) is 6.06. The maximum Gasteiger partial charge on any atom is 0.187 e. The Bertz CT molecular complexity index is 1490. The van der Waals surface area contributed by atoms with Crippen LogP contribution >= 0.6 is 0 Å². The van der Waals surface area contributed by atoms with Gasteiger partial charge in [-0.1, -0.05) is 42.5 Å². The maximum atomic E-state index is 9.75. The molecule has 5 rings (SSSR count). The second-order valence-corrected chi connectivity index (χ2v) is 8.11. The van der Waals surface area contributed by atoms with Crippen molar-refractivity contribution in [3.8, 4) is 17.6 Å². The van der Waals surface area contributed by atoms with Crippen LogP contribution in [-0.2, 0) is 13.0 Å². The molecule has 178 valence electrons. The lowest BCUT2D eigenvalue weighted by Gasteiger charge is -2.16. The summed E-state index contributed by atoms with van der Waals surface area (Å²) in [7, 11) is 1.58. The molecule has 0 bridgehead atoms. The molecule has 0 amide bonds. The van der Waals surface area contributed by atoms with Crippen molar-refractivity contribution in [2.24, 2.45) is 0 Å². The third kappa shape index (κ3) is 4.95. The van der Waals surface area contributed by atoms with Crippen LogP contribution in [0.2, 0.25) is 0 Å². The molecular weight excluding hydrogens is 452 g/mol. The van der Waals surface area contributed by atoms with Crippen molar-refractivity contribution >= 4 is 22.3 Å². The molecule has 0 aliphatic carbocycles. The molecule has 0 radical (unpaired) electrons. The molecule has 36 heavy (non-hydrogen) atoms. The number of nitrogens with zero attached hydrogens (tertiary/aromatic N) is 5. The van der Waals surface area contributed by atoms with Crippen LogP contribution in [0, 0.1) is 11.3 Å². The van der Waals surface area contributed by atoms with Crippen LogP contribution in [-0.4, -0.2) is 33.7 Å². The zero-order valence-electron chi connectivity index (χ0n) is 19.8. The predicted molar refractivity (Wildman–Crippen MR) is 137 cm³/mol. The predicted octanol–water partition coefficient (Wildman–Crippen LogP) is 5.12. The Kier molecular flexibility index (Phi) is 6.72. The number of anilines is 2. The van der Waals surface area contributed by atoms with Gasteiger partial charge in [0, 0.05) is 17.3 Å². The standard InChI is InChI=1S/C28H24N6O2/c1-35-28-25(36-16-15-34-31-13-14-32-34)12-11-24-26(22(18-29)19-30-27(24)28)33-23-9-7-21(8-10-23)17-20-5-3-2-4-6-20/h2-14,19H,15-17H2,1H3,(H,30,33). The highest BCUT2D eigenvalue weighted by Gasteiger charge is 2.17. The van der Waals surface area contributed by atoms with Gasteiger partial charge in [0.15, 0.2) is 11.5 Å². The summed E-state index contributed by atoms with van der Waals surface area (Å²) in [6.07, 6.45) is 5.66. The summed E-state index contributed by atoms with van der Waals surface area (Å²) in [5.41, 5.74) is 5.06. The molecule has 0 unspecified atom stereocenters. The summed E-state index contributed by atoms with van der Waals surface area (Å²) >= 11 is 0. The van der Waals surface area contributed by atoms with E-state index in [1.54, 1.807) is 30.5 Å². The van der Waals surface area contributed by atoms with Crippen molar-refractivity contribution in [3.05, 3.63) is 102 Å². The first-order valence-electron chi connectivity index (χ1n) is 11.5. The van der Waals surface area contributed by atoms with Gasteiger partial charge in [-0.3, -0.25) is 4.98 Å². The molecule has 0 atom stereocenters. The molecule has 5 aromatic rings. The van der Waals surface area contributed by atoms with Crippen molar-refractivity contribution in [2.75, 3.05) is 19.0 Å². The number of ether oxygens (including phenoxy) is 2. The SMILES string of the molecule is COc1c(OCCn2nccn2)ccc2c(Nc3ccc(Cc4ccccc4)cc3)c(C#N)cnc12. The molecule has 8 nitrogen and oxygen atoms in total. The quantitative estimate of drug-likeness (QED) is 0.315. The van der Waals surface area contributed by atoms with Gasteiger partial charge in [0.1, 0.15) is 18.2 Å². The number of fused-ring (bicyclic) bond motifs is 1. The molecule has 0 fully saturated rings. The minimum Gasteiger partial charge on any atom is -0.491 e. The molecule has 2 heterocycles. The van der Waals surface area contributed by atoms with Crippen molar-refractivity contribution in [1.82, 2.24) is 20.0 Å². The van der Waals surface area contributed by atoms with Crippen LogP contribution in [0.25, 0.3) is 10.9 Å². The summed E-state index contributed by atoms with van der Waals surface area (Å²) in [6, 6.07) is 24.5. The minimum absolute atomic E-state index is 0.368. The Morgan fingerprint density at radius 2 is 1.69 bits per heavy atom.